The normalized spacial score (nSPS) is 11.1. The van der Waals surface area contributed by atoms with Gasteiger partial charge in [-0.15, -0.1) is 0 Å². The topological polar surface area (TPSA) is 17.8 Å². The van der Waals surface area contributed by atoms with E-state index in [1.807, 2.05) is 0 Å². The average molecular weight is 308 g/mol. The molecule has 0 atom stereocenters. The smallest absolute Gasteiger partial charge is 0.229 e. The summed E-state index contributed by atoms with van der Waals surface area (Å²) < 4.78 is 27.1. The minimum Gasteiger partial charge on any atom is -0.229 e. The number of aromatic nitrogens is 2. The predicted molar refractivity (Wildman–Crippen MR) is 61.2 cm³/mol. The zero-order valence-corrected chi connectivity index (χ0v) is 10.2. The molecule has 84 valence electrons. The molecule has 16 heavy (non-hydrogen) atoms. The van der Waals surface area contributed by atoms with Crippen molar-refractivity contribution >= 4 is 27.5 Å². The van der Waals surface area contributed by atoms with Crippen molar-refractivity contribution in [2.45, 2.75) is 6.43 Å². The molecule has 0 aliphatic carbocycles. The first kappa shape index (κ1) is 11.5. The summed E-state index contributed by atoms with van der Waals surface area (Å²) in [6.45, 7) is 0. The van der Waals surface area contributed by atoms with E-state index in [0.29, 0.717) is 15.2 Å². The largest absolute Gasteiger partial charge is 0.280 e. The van der Waals surface area contributed by atoms with Crippen LogP contribution in [-0.4, -0.2) is 9.78 Å². The second kappa shape index (κ2) is 4.51. The first-order valence-electron chi connectivity index (χ1n) is 4.37. The van der Waals surface area contributed by atoms with Crippen LogP contribution in [0.5, 0.6) is 0 Å². The van der Waals surface area contributed by atoms with Crippen LogP contribution in [0.3, 0.4) is 0 Å². The predicted octanol–water partition coefficient (Wildman–Crippen LogP) is 4.23. The molecule has 6 heteroatoms. The molecule has 2 aromatic rings. The van der Waals surface area contributed by atoms with Crippen LogP contribution in [0.15, 0.2) is 34.9 Å². The maximum atomic E-state index is 12.7. The summed E-state index contributed by atoms with van der Waals surface area (Å²) in [6, 6.07) is 6.33. The van der Waals surface area contributed by atoms with Crippen LogP contribution >= 0.6 is 27.5 Å². The van der Waals surface area contributed by atoms with E-state index in [1.165, 1.54) is 12.3 Å². The quantitative estimate of drug-likeness (QED) is 0.812. The summed E-state index contributed by atoms with van der Waals surface area (Å²) in [5.41, 5.74) is 0.235. The van der Waals surface area contributed by atoms with E-state index >= 15 is 0 Å². The molecule has 0 saturated carbocycles. The third kappa shape index (κ3) is 1.97. The number of alkyl halides is 2. The Labute approximate surface area is 104 Å². The summed E-state index contributed by atoms with van der Waals surface area (Å²) in [4.78, 5) is 0. The van der Waals surface area contributed by atoms with Gasteiger partial charge in [0, 0.05) is 10.7 Å². The van der Waals surface area contributed by atoms with Crippen LogP contribution in [0.1, 0.15) is 12.1 Å². The minimum absolute atomic E-state index is 0.186. The molecule has 1 aromatic heterocycles. The van der Waals surface area contributed by atoms with E-state index in [2.05, 4.69) is 21.0 Å². The molecule has 0 bridgehead atoms. The highest BCUT2D eigenvalue weighted by atomic mass is 79.9. The molecule has 1 aromatic carbocycles. The molecule has 0 fully saturated rings. The van der Waals surface area contributed by atoms with E-state index in [9.17, 15) is 8.78 Å². The standard InChI is InChI=1S/C10H6BrClF2N2/c11-6-2-1-3-7(12)9(6)16-8(10(13)14)4-5-15-16/h1-5,10H. The highest BCUT2D eigenvalue weighted by molar-refractivity contribution is 9.10. The summed E-state index contributed by atoms with van der Waals surface area (Å²) in [5.74, 6) is 0. The van der Waals surface area contributed by atoms with Crippen molar-refractivity contribution in [3.8, 4) is 5.69 Å². The lowest BCUT2D eigenvalue weighted by Gasteiger charge is -2.10. The van der Waals surface area contributed by atoms with E-state index in [0.717, 1.165) is 4.68 Å². The Morgan fingerprint density at radius 1 is 1.31 bits per heavy atom. The van der Waals surface area contributed by atoms with Gasteiger partial charge in [-0.3, -0.25) is 0 Å². The Morgan fingerprint density at radius 3 is 2.69 bits per heavy atom. The van der Waals surface area contributed by atoms with Gasteiger partial charge < -0.3 is 0 Å². The highest BCUT2D eigenvalue weighted by Gasteiger charge is 2.17. The zero-order chi connectivity index (χ0) is 11.7. The molecule has 0 saturated heterocycles. The SMILES string of the molecule is FC(F)c1ccnn1-c1c(Cl)cccc1Br. The summed E-state index contributed by atoms with van der Waals surface area (Å²) >= 11 is 9.22. The fraction of sp³-hybridized carbons (Fsp3) is 0.100. The molecule has 0 aliphatic rings. The van der Waals surface area contributed by atoms with Crippen molar-refractivity contribution in [2.24, 2.45) is 0 Å². The van der Waals surface area contributed by atoms with E-state index in [4.69, 9.17) is 11.6 Å². The molecular formula is C10H6BrClF2N2. The van der Waals surface area contributed by atoms with Crippen molar-refractivity contribution in [3.63, 3.8) is 0 Å². The third-order valence-electron chi connectivity index (χ3n) is 2.04. The van der Waals surface area contributed by atoms with Crippen LogP contribution < -0.4 is 0 Å². The Hall–Kier alpha value is -0.940. The fourth-order valence-electron chi connectivity index (χ4n) is 1.36. The molecule has 0 N–H and O–H groups in total. The number of nitrogens with zero attached hydrogens (tertiary/aromatic N) is 2. The summed E-state index contributed by atoms with van der Waals surface area (Å²) in [6.07, 6.45) is -1.28. The van der Waals surface area contributed by atoms with Gasteiger partial charge >= 0.3 is 0 Å². The van der Waals surface area contributed by atoms with Gasteiger partial charge in [-0.25, -0.2) is 13.5 Å². The second-order valence-electron chi connectivity index (χ2n) is 3.04. The third-order valence-corrected chi connectivity index (χ3v) is 2.99. The number of hydrogen-bond acceptors (Lipinski definition) is 1. The second-order valence-corrected chi connectivity index (χ2v) is 4.30. The molecule has 0 amide bonds. The van der Waals surface area contributed by atoms with Gasteiger partial charge in [-0.1, -0.05) is 17.7 Å². The minimum atomic E-state index is -2.59. The fourth-order valence-corrected chi connectivity index (χ4v) is 2.26. The first-order chi connectivity index (χ1) is 7.61. The van der Waals surface area contributed by atoms with Gasteiger partial charge in [-0.05, 0) is 34.1 Å². The molecule has 2 rings (SSSR count). The van der Waals surface area contributed by atoms with Crippen molar-refractivity contribution in [1.82, 2.24) is 9.78 Å². The van der Waals surface area contributed by atoms with Gasteiger partial charge in [0.15, 0.2) is 0 Å². The monoisotopic (exact) mass is 306 g/mol. The lowest BCUT2D eigenvalue weighted by Crippen LogP contribution is -2.04. The van der Waals surface area contributed by atoms with Gasteiger partial charge in [-0.2, -0.15) is 5.10 Å². The Bertz CT molecular complexity index is 493. The van der Waals surface area contributed by atoms with E-state index < -0.39 is 6.43 Å². The van der Waals surface area contributed by atoms with E-state index in [1.54, 1.807) is 18.2 Å². The van der Waals surface area contributed by atoms with Crippen LogP contribution in [0, 0.1) is 0 Å². The molecule has 2 nitrogen and oxygen atoms in total. The van der Waals surface area contributed by atoms with Crippen LogP contribution in [0.25, 0.3) is 5.69 Å². The number of para-hydroxylation sites is 1. The number of benzene rings is 1. The maximum Gasteiger partial charge on any atom is 0.280 e. The highest BCUT2D eigenvalue weighted by Crippen LogP contribution is 2.31. The van der Waals surface area contributed by atoms with Crippen LogP contribution in [0.4, 0.5) is 8.78 Å². The lowest BCUT2D eigenvalue weighted by molar-refractivity contribution is 0.143. The van der Waals surface area contributed by atoms with Gasteiger partial charge in [0.2, 0.25) is 0 Å². The van der Waals surface area contributed by atoms with Crippen molar-refractivity contribution in [1.29, 1.82) is 0 Å². The molecule has 0 unspecified atom stereocenters. The lowest BCUT2D eigenvalue weighted by atomic mass is 10.3. The Morgan fingerprint density at radius 2 is 2.06 bits per heavy atom. The van der Waals surface area contributed by atoms with Gasteiger partial charge in [0.25, 0.3) is 6.43 Å². The zero-order valence-electron chi connectivity index (χ0n) is 7.87. The Balaban J connectivity index is 2.63. The number of hydrogen-bond donors (Lipinski definition) is 0. The molecule has 0 radical (unpaired) electrons. The number of halogens is 4. The molecule has 0 aliphatic heterocycles. The molecule has 0 spiro atoms. The van der Waals surface area contributed by atoms with E-state index in [-0.39, 0.29) is 5.69 Å². The van der Waals surface area contributed by atoms with Crippen molar-refractivity contribution < 1.29 is 8.78 Å². The van der Waals surface area contributed by atoms with Crippen LogP contribution in [0.2, 0.25) is 5.02 Å². The van der Waals surface area contributed by atoms with Crippen molar-refractivity contribution in [3.05, 3.63) is 45.7 Å². The van der Waals surface area contributed by atoms with Gasteiger partial charge in [0.1, 0.15) is 5.69 Å². The average Bonchev–Trinajstić information content (AvgIpc) is 2.66. The first-order valence-corrected chi connectivity index (χ1v) is 5.55. The van der Waals surface area contributed by atoms with Gasteiger partial charge in [0.05, 0.1) is 10.7 Å². The summed E-state index contributed by atoms with van der Waals surface area (Å²) in [5, 5.41) is 4.21. The van der Waals surface area contributed by atoms with Crippen LogP contribution in [-0.2, 0) is 0 Å². The molecule has 1 heterocycles. The van der Waals surface area contributed by atoms with Crippen molar-refractivity contribution in [2.75, 3.05) is 0 Å². The summed E-state index contributed by atoms with van der Waals surface area (Å²) in [7, 11) is 0. The number of rotatable bonds is 2. The maximum absolute atomic E-state index is 12.7. The molecular weight excluding hydrogens is 301 g/mol. The Kier molecular flexibility index (Phi) is 3.25.